The summed E-state index contributed by atoms with van der Waals surface area (Å²) in [6.45, 7) is 0. The zero-order valence-corrected chi connectivity index (χ0v) is 14.2. The summed E-state index contributed by atoms with van der Waals surface area (Å²) in [4.78, 5) is 0.224. The van der Waals surface area contributed by atoms with Crippen molar-refractivity contribution < 1.29 is 17.5 Å². The molecule has 3 aromatic rings. The molecule has 3 rings (SSSR count). The molecule has 24 heavy (non-hydrogen) atoms. The van der Waals surface area contributed by atoms with Crippen molar-refractivity contribution in [2.24, 2.45) is 4.40 Å². The Bertz CT molecular complexity index is 1020. The highest BCUT2D eigenvalue weighted by Gasteiger charge is 2.13. The van der Waals surface area contributed by atoms with Crippen LogP contribution in [0.4, 0.5) is 4.39 Å². The van der Waals surface area contributed by atoms with E-state index in [0.29, 0.717) is 5.75 Å². The first-order valence-electron chi connectivity index (χ1n) is 6.87. The average molecular weight is 364 g/mol. The molecule has 1 aromatic heterocycles. The second kappa shape index (κ2) is 6.58. The van der Waals surface area contributed by atoms with Gasteiger partial charge in [0.25, 0.3) is 10.0 Å². The van der Waals surface area contributed by atoms with Gasteiger partial charge < -0.3 is 4.74 Å². The lowest BCUT2D eigenvalue weighted by Gasteiger charge is -2.05. The molecule has 0 fully saturated rings. The topological polar surface area (TPSA) is 60.7 Å². The molecule has 0 aliphatic heterocycles. The van der Waals surface area contributed by atoms with Gasteiger partial charge in [0.1, 0.15) is 11.6 Å². The summed E-state index contributed by atoms with van der Waals surface area (Å²) in [6.07, 6.45) is 1.72. The van der Waals surface area contributed by atoms with Gasteiger partial charge in [-0.1, -0.05) is 6.07 Å². The number of rotatable bonds is 4. The zero-order valence-electron chi connectivity index (χ0n) is 12.6. The Balaban J connectivity index is 2.09. The van der Waals surface area contributed by atoms with Crippen molar-refractivity contribution in [2.45, 2.75) is 4.90 Å². The first kappa shape index (κ1) is 16.4. The molecule has 0 aliphatic carbocycles. The molecule has 2 aromatic carbocycles. The van der Waals surface area contributed by atoms with Gasteiger partial charge in [0, 0.05) is 17.6 Å². The van der Waals surface area contributed by atoms with Crippen LogP contribution in [-0.4, -0.2) is 20.1 Å². The second-order valence-corrected chi connectivity index (χ2v) is 7.25. The molecule has 0 saturated heterocycles. The maximum absolute atomic E-state index is 13.0. The van der Waals surface area contributed by atoms with E-state index in [1.807, 2.05) is 6.07 Å². The first-order chi connectivity index (χ1) is 11.5. The van der Waals surface area contributed by atoms with E-state index in [1.165, 1.54) is 23.5 Å². The highest BCUT2D eigenvalue weighted by atomic mass is 32.2. The number of methoxy groups -OCH3 is 1. The van der Waals surface area contributed by atoms with Crippen LogP contribution in [0, 0.1) is 5.82 Å². The molecule has 0 bridgehead atoms. The fourth-order valence-electron chi connectivity index (χ4n) is 2.06. The van der Waals surface area contributed by atoms with Gasteiger partial charge in [-0.3, -0.25) is 4.57 Å². The fraction of sp³-hybridized carbons (Fsp3) is 0.0625. The van der Waals surface area contributed by atoms with E-state index >= 15 is 0 Å². The van der Waals surface area contributed by atoms with Crippen LogP contribution in [-0.2, 0) is 10.0 Å². The van der Waals surface area contributed by atoms with Gasteiger partial charge in [0.15, 0.2) is 0 Å². The van der Waals surface area contributed by atoms with E-state index < -0.39 is 15.8 Å². The van der Waals surface area contributed by atoms with Crippen LogP contribution in [0.5, 0.6) is 5.75 Å². The number of benzene rings is 2. The minimum absolute atomic E-state index is 0.0607. The van der Waals surface area contributed by atoms with Crippen LogP contribution in [0.3, 0.4) is 0 Å². The first-order valence-corrected chi connectivity index (χ1v) is 9.19. The van der Waals surface area contributed by atoms with Crippen molar-refractivity contribution in [1.82, 2.24) is 4.57 Å². The molecule has 0 aliphatic rings. The third kappa shape index (κ3) is 3.39. The Hall–Kier alpha value is -2.45. The van der Waals surface area contributed by atoms with E-state index in [1.54, 1.807) is 41.5 Å². The number of aromatic nitrogens is 1. The van der Waals surface area contributed by atoms with E-state index in [0.717, 1.165) is 17.8 Å². The smallest absolute Gasteiger partial charge is 0.285 e. The molecule has 8 heteroatoms. The number of sulfonamides is 1. The molecule has 0 radical (unpaired) electrons. The number of ether oxygens (including phenoxy) is 1. The summed E-state index contributed by atoms with van der Waals surface area (Å²) < 4.78 is 48.5. The number of halogens is 1. The van der Waals surface area contributed by atoms with Crippen LogP contribution < -0.4 is 9.54 Å². The molecule has 0 amide bonds. The minimum Gasteiger partial charge on any atom is -0.497 e. The molecular weight excluding hydrogens is 351 g/mol. The minimum atomic E-state index is -3.93. The normalized spacial score (nSPS) is 12.3. The van der Waals surface area contributed by atoms with Gasteiger partial charge in [0.05, 0.1) is 17.7 Å². The standard InChI is InChI=1S/C16H13FN2O3S2/c1-22-14-4-2-3-13(11-14)19-9-10-23-16(19)18-24(20,21)15-7-5-12(17)6-8-15/h2-11H,1H3/b18-16+. The second-order valence-electron chi connectivity index (χ2n) is 4.78. The molecule has 0 unspecified atom stereocenters. The number of nitrogens with zero attached hydrogens (tertiary/aromatic N) is 2. The van der Waals surface area contributed by atoms with Crippen molar-refractivity contribution in [2.75, 3.05) is 7.11 Å². The SMILES string of the molecule is COc1cccc(-n2ccs/c2=N/S(=O)(=O)c2ccc(F)cc2)c1. The Kier molecular flexibility index (Phi) is 4.50. The predicted octanol–water partition coefficient (Wildman–Crippen LogP) is 2.98. The summed E-state index contributed by atoms with van der Waals surface area (Å²) in [5.74, 6) is 0.148. The number of thiazole rings is 1. The summed E-state index contributed by atoms with van der Waals surface area (Å²) >= 11 is 1.18. The molecule has 0 atom stereocenters. The van der Waals surface area contributed by atoms with Crippen LogP contribution in [0.25, 0.3) is 5.69 Å². The molecule has 0 N–H and O–H groups in total. The number of hydrogen-bond acceptors (Lipinski definition) is 4. The van der Waals surface area contributed by atoms with E-state index in [-0.39, 0.29) is 9.70 Å². The molecule has 0 spiro atoms. The predicted molar refractivity (Wildman–Crippen MR) is 89.3 cm³/mol. The Labute approximate surface area is 142 Å². The molecule has 5 nitrogen and oxygen atoms in total. The molecule has 1 heterocycles. The fourth-order valence-corrected chi connectivity index (χ4v) is 3.99. The summed E-state index contributed by atoms with van der Waals surface area (Å²) in [5, 5.41) is 1.73. The summed E-state index contributed by atoms with van der Waals surface area (Å²) in [5.41, 5.74) is 0.726. The number of hydrogen-bond donors (Lipinski definition) is 0. The van der Waals surface area contributed by atoms with Crippen molar-refractivity contribution in [1.29, 1.82) is 0 Å². The Morgan fingerprint density at radius 3 is 2.62 bits per heavy atom. The zero-order chi connectivity index (χ0) is 17.2. The van der Waals surface area contributed by atoms with E-state index in [4.69, 9.17) is 4.74 Å². The summed E-state index contributed by atoms with van der Waals surface area (Å²) in [6, 6.07) is 11.8. The Morgan fingerprint density at radius 2 is 1.92 bits per heavy atom. The molecule has 0 saturated carbocycles. The van der Waals surface area contributed by atoms with Gasteiger partial charge in [0.2, 0.25) is 4.80 Å². The van der Waals surface area contributed by atoms with Gasteiger partial charge in [-0.15, -0.1) is 15.7 Å². The van der Waals surface area contributed by atoms with Gasteiger partial charge in [-0.25, -0.2) is 4.39 Å². The van der Waals surface area contributed by atoms with Gasteiger partial charge in [-0.05, 0) is 36.4 Å². The third-order valence-electron chi connectivity index (χ3n) is 3.23. The Morgan fingerprint density at radius 1 is 1.17 bits per heavy atom. The average Bonchev–Trinajstić information content (AvgIpc) is 3.02. The van der Waals surface area contributed by atoms with E-state index in [9.17, 15) is 12.8 Å². The highest BCUT2D eigenvalue weighted by molar-refractivity contribution is 7.90. The lowest BCUT2D eigenvalue weighted by Crippen LogP contribution is -2.15. The van der Waals surface area contributed by atoms with Crippen LogP contribution in [0.1, 0.15) is 0 Å². The lowest BCUT2D eigenvalue weighted by atomic mass is 10.3. The lowest BCUT2D eigenvalue weighted by molar-refractivity contribution is 0.414. The van der Waals surface area contributed by atoms with Gasteiger partial charge in [-0.2, -0.15) is 8.42 Å². The molecule has 124 valence electrons. The van der Waals surface area contributed by atoms with Crippen LogP contribution in [0.2, 0.25) is 0 Å². The van der Waals surface area contributed by atoms with Crippen molar-refractivity contribution in [3.8, 4) is 11.4 Å². The summed E-state index contributed by atoms with van der Waals surface area (Å²) in [7, 11) is -2.37. The molecular formula is C16H13FN2O3S2. The highest BCUT2D eigenvalue weighted by Crippen LogP contribution is 2.16. The quantitative estimate of drug-likeness (QED) is 0.715. The van der Waals surface area contributed by atoms with Crippen LogP contribution in [0.15, 0.2) is 69.4 Å². The third-order valence-corrected chi connectivity index (χ3v) is 5.38. The van der Waals surface area contributed by atoms with Crippen molar-refractivity contribution in [3.63, 3.8) is 0 Å². The monoisotopic (exact) mass is 364 g/mol. The maximum Gasteiger partial charge on any atom is 0.285 e. The van der Waals surface area contributed by atoms with Gasteiger partial charge >= 0.3 is 0 Å². The van der Waals surface area contributed by atoms with Crippen molar-refractivity contribution in [3.05, 3.63) is 70.7 Å². The van der Waals surface area contributed by atoms with Crippen molar-refractivity contribution >= 4 is 21.4 Å². The largest absolute Gasteiger partial charge is 0.497 e. The van der Waals surface area contributed by atoms with Crippen LogP contribution >= 0.6 is 11.3 Å². The maximum atomic E-state index is 13.0. The van der Waals surface area contributed by atoms with E-state index in [2.05, 4.69) is 4.40 Å².